The summed E-state index contributed by atoms with van der Waals surface area (Å²) in [4.78, 5) is 10.9. The Hall–Kier alpha value is 0.157. The first-order chi connectivity index (χ1) is 12.0. The van der Waals surface area contributed by atoms with Gasteiger partial charge in [-0.1, -0.05) is 103 Å². The third kappa shape index (κ3) is 22.1. The van der Waals surface area contributed by atoms with Gasteiger partial charge in [-0.25, -0.2) is 4.79 Å². The molecule has 0 aliphatic carbocycles. The molecule has 0 fully saturated rings. The quantitative estimate of drug-likeness (QED) is 0.0499. The molecule has 0 aromatic rings. The number of halogens is 1. The SMILES string of the molecule is C=CC(=O)OCCCCCCCCCCCCCCCC[Si](C)(C)I. The molecule has 4 heteroatoms. The monoisotopic (exact) mass is 480 g/mol. The fraction of sp³-hybridized carbons (Fsp3) is 0.857. The Bertz CT molecular complexity index is 326. The van der Waals surface area contributed by atoms with Crippen LogP contribution in [0.2, 0.25) is 19.1 Å². The van der Waals surface area contributed by atoms with E-state index < -0.39 is 5.57 Å². The summed E-state index contributed by atoms with van der Waals surface area (Å²) in [5.74, 6) is -0.300. The first-order valence-corrected chi connectivity index (χ1v) is 16.8. The van der Waals surface area contributed by atoms with Gasteiger partial charge in [-0.15, -0.1) is 21.8 Å². The maximum atomic E-state index is 10.9. The predicted octanol–water partition coefficient (Wildman–Crippen LogP) is 7.82. The highest BCUT2D eigenvalue weighted by molar-refractivity contribution is 14.1. The van der Waals surface area contributed by atoms with Gasteiger partial charge in [0.05, 0.1) is 6.61 Å². The zero-order chi connectivity index (χ0) is 18.8. The minimum atomic E-state index is -0.824. The molecule has 0 bridgehead atoms. The smallest absolute Gasteiger partial charge is 0.330 e. The van der Waals surface area contributed by atoms with Gasteiger partial charge in [0.2, 0.25) is 0 Å². The summed E-state index contributed by atoms with van der Waals surface area (Å²) in [6.45, 7) is 8.86. The molecule has 25 heavy (non-hydrogen) atoms. The van der Waals surface area contributed by atoms with Crippen LogP contribution in [0, 0.1) is 0 Å². The maximum Gasteiger partial charge on any atom is 0.330 e. The van der Waals surface area contributed by atoms with Gasteiger partial charge in [0.25, 0.3) is 0 Å². The molecule has 0 saturated carbocycles. The van der Waals surface area contributed by atoms with E-state index in [9.17, 15) is 4.79 Å². The molecule has 0 aliphatic heterocycles. The second-order valence-electron chi connectivity index (χ2n) is 7.79. The summed E-state index contributed by atoms with van der Waals surface area (Å²) in [6.07, 6.45) is 20.2. The van der Waals surface area contributed by atoms with Crippen LogP contribution in [-0.2, 0) is 9.53 Å². The van der Waals surface area contributed by atoms with Crippen molar-refractivity contribution in [3.8, 4) is 0 Å². The minimum absolute atomic E-state index is 0.300. The van der Waals surface area contributed by atoms with Crippen molar-refractivity contribution in [2.24, 2.45) is 0 Å². The summed E-state index contributed by atoms with van der Waals surface area (Å²) in [6, 6.07) is 1.49. The number of hydrogen-bond acceptors (Lipinski definition) is 2. The average molecular weight is 481 g/mol. The van der Waals surface area contributed by atoms with E-state index in [2.05, 4.69) is 41.5 Å². The van der Waals surface area contributed by atoms with Crippen molar-refractivity contribution in [3.05, 3.63) is 12.7 Å². The Morgan fingerprint density at radius 3 is 1.52 bits per heavy atom. The molecule has 0 unspecified atom stereocenters. The topological polar surface area (TPSA) is 26.3 Å². The summed E-state index contributed by atoms with van der Waals surface area (Å²) >= 11 is 2.70. The van der Waals surface area contributed by atoms with Gasteiger partial charge in [-0.3, -0.25) is 0 Å². The summed E-state index contributed by atoms with van der Waals surface area (Å²) in [5.41, 5.74) is -0.824. The Morgan fingerprint density at radius 1 is 0.800 bits per heavy atom. The molecule has 0 heterocycles. The lowest BCUT2D eigenvalue weighted by atomic mass is 10.0. The van der Waals surface area contributed by atoms with Crippen LogP contribution < -0.4 is 0 Å². The van der Waals surface area contributed by atoms with Crippen molar-refractivity contribution in [3.63, 3.8) is 0 Å². The number of hydrogen-bond donors (Lipinski definition) is 0. The van der Waals surface area contributed by atoms with E-state index in [-0.39, 0.29) is 5.97 Å². The van der Waals surface area contributed by atoms with Gasteiger partial charge < -0.3 is 4.74 Å². The van der Waals surface area contributed by atoms with Crippen molar-refractivity contribution in [1.82, 2.24) is 0 Å². The molecule has 0 aromatic heterocycles. The molecule has 0 saturated heterocycles. The first-order valence-electron chi connectivity index (χ1n) is 10.4. The van der Waals surface area contributed by atoms with Gasteiger partial charge in [-0.2, -0.15) is 0 Å². The molecule has 0 rings (SSSR count). The molecular weight excluding hydrogens is 439 g/mol. The fourth-order valence-corrected chi connectivity index (χ4v) is 5.24. The van der Waals surface area contributed by atoms with E-state index >= 15 is 0 Å². The second-order valence-corrected chi connectivity index (χ2v) is 20.5. The number of carbonyl (C=O) groups is 1. The van der Waals surface area contributed by atoms with Crippen LogP contribution in [0.3, 0.4) is 0 Å². The zero-order valence-electron chi connectivity index (χ0n) is 16.8. The molecule has 0 spiro atoms. The fourth-order valence-electron chi connectivity index (χ4n) is 3.00. The highest BCUT2D eigenvalue weighted by atomic mass is 127. The molecule has 0 radical (unpaired) electrons. The zero-order valence-corrected chi connectivity index (χ0v) is 20.0. The highest BCUT2D eigenvalue weighted by Gasteiger charge is 2.14. The van der Waals surface area contributed by atoms with Crippen LogP contribution in [0.4, 0.5) is 0 Å². The Labute approximate surface area is 170 Å². The Kier molecular flexibility index (Phi) is 17.7. The second kappa shape index (κ2) is 17.6. The minimum Gasteiger partial charge on any atom is -0.463 e. The predicted molar refractivity (Wildman–Crippen MR) is 122 cm³/mol. The van der Waals surface area contributed by atoms with Gasteiger partial charge in [0.1, 0.15) is 5.57 Å². The van der Waals surface area contributed by atoms with E-state index in [1.807, 2.05) is 0 Å². The van der Waals surface area contributed by atoms with Crippen LogP contribution in [0.5, 0.6) is 0 Å². The van der Waals surface area contributed by atoms with Gasteiger partial charge in [0, 0.05) is 6.08 Å². The third-order valence-electron chi connectivity index (χ3n) is 4.58. The number of esters is 1. The van der Waals surface area contributed by atoms with Crippen LogP contribution in [0.1, 0.15) is 89.9 Å². The van der Waals surface area contributed by atoms with Crippen molar-refractivity contribution < 1.29 is 9.53 Å². The maximum absolute atomic E-state index is 10.9. The number of unbranched alkanes of at least 4 members (excludes halogenated alkanes) is 13. The van der Waals surface area contributed by atoms with Crippen LogP contribution >= 0.6 is 21.8 Å². The highest BCUT2D eigenvalue weighted by Crippen LogP contribution is 2.21. The Morgan fingerprint density at radius 2 is 1.16 bits per heavy atom. The van der Waals surface area contributed by atoms with Crippen molar-refractivity contribution in [2.75, 3.05) is 6.61 Å². The summed E-state index contributed by atoms with van der Waals surface area (Å²) < 4.78 is 4.96. The molecule has 2 nitrogen and oxygen atoms in total. The van der Waals surface area contributed by atoms with Crippen LogP contribution in [-0.4, -0.2) is 18.1 Å². The number of carbonyl (C=O) groups excluding carboxylic acids is 1. The Balaban J connectivity index is 3.07. The van der Waals surface area contributed by atoms with Crippen molar-refractivity contribution in [2.45, 2.75) is 109 Å². The van der Waals surface area contributed by atoms with Gasteiger partial charge in [-0.05, 0) is 12.5 Å². The van der Waals surface area contributed by atoms with Gasteiger partial charge in [0.15, 0.2) is 0 Å². The normalized spacial score (nSPS) is 11.5. The van der Waals surface area contributed by atoms with E-state index in [0.717, 1.165) is 6.42 Å². The van der Waals surface area contributed by atoms with E-state index in [0.29, 0.717) is 6.61 Å². The van der Waals surface area contributed by atoms with Crippen molar-refractivity contribution in [1.29, 1.82) is 0 Å². The first kappa shape index (κ1) is 25.2. The summed E-state index contributed by atoms with van der Waals surface area (Å²) in [5, 5.41) is 0. The van der Waals surface area contributed by atoms with E-state index in [1.54, 1.807) is 0 Å². The van der Waals surface area contributed by atoms with Crippen LogP contribution in [0.25, 0.3) is 0 Å². The molecular formula is C21H41IO2Si. The molecule has 0 atom stereocenters. The van der Waals surface area contributed by atoms with Crippen LogP contribution in [0.15, 0.2) is 12.7 Å². The van der Waals surface area contributed by atoms with E-state index in [4.69, 9.17) is 4.74 Å². The average Bonchev–Trinajstić information content (AvgIpc) is 2.56. The number of ether oxygens (including phenoxy) is 1. The molecule has 148 valence electrons. The lowest BCUT2D eigenvalue weighted by Crippen LogP contribution is -2.13. The largest absolute Gasteiger partial charge is 0.463 e. The number of rotatable bonds is 18. The third-order valence-corrected chi connectivity index (χ3v) is 7.74. The standard InChI is InChI=1S/C21H41IO2Si/c1-4-21(23)24-19-17-15-13-11-9-7-5-6-8-10-12-14-16-18-20-25(2,3)22/h4H,1,5-20H2,2-3H3. The molecule has 0 aliphatic rings. The summed E-state index contributed by atoms with van der Waals surface area (Å²) in [7, 11) is 0. The van der Waals surface area contributed by atoms with Crippen molar-refractivity contribution >= 4 is 33.3 Å². The molecule has 0 amide bonds. The van der Waals surface area contributed by atoms with Gasteiger partial charge >= 0.3 is 5.97 Å². The molecule has 0 N–H and O–H groups in total. The molecule has 0 aromatic carbocycles. The lowest BCUT2D eigenvalue weighted by molar-refractivity contribution is -0.137. The van der Waals surface area contributed by atoms with E-state index in [1.165, 1.54) is 95.6 Å². The lowest BCUT2D eigenvalue weighted by Gasteiger charge is -2.12.